The van der Waals surface area contributed by atoms with Gasteiger partial charge in [0.1, 0.15) is 0 Å². The lowest BCUT2D eigenvalue weighted by molar-refractivity contribution is -0.146. The molecule has 0 bridgehead atoms. The fourth-order valence-corrected chi connectivity index (χ4v) is 2.82. The molecule has 0 saturated carbocycles. The van der Waals surface area contributed by atoms with Crippen molar-refractivity contribution in [2.24, 2.45) is 5.92 Å². The largest absolute Gasteiger partial charge is 0.478 e. The maximum atomic E-state index is 11.5. The highest BCUT2D eigenvalue weighted by molar-refractivity contribution is 9.10. The summed E-state index contributed by atoms with van der Waals surface area (Å²) in [5, 5.41) is 9.25. The topological polar surface area (TPSA) is 66.8 Å². The second-order valence-corrected chi connectivity index (χ2v) is 5.67. The van der Waals surface area contributed by atoms with Gasteiger partial charge in [0.15, 0.2) is 0 Å². The summed E-state index contributed by atoms with van der Waals surface area (Å²) in [5.74, 6) is -1.21. The molecule has 0 radical (unpaired) electrons. The number of piperidine rings is 1. The maximum absolute atomic E-state index is 11.5. The van der Waals surface area contributed by atoms with E-state index in [2.05, 4.69) is 15.9 Å². The molecule has 1 aliphatic heterocycles. The van der Waals surface area contributed by atoms with Gasteiger partial charge in [-0.25, -0.2) is 4.79 Å². The predicted molar refractivity (Wildman–Crippen MR) is 78.1 cm³/mol. The van der Waals surface area contributed by atoms with Crippen LogP contribution in [0.1, 0.15) is 23.2 Å². The first kappa shape index (κ1) is 14.8. The minimum atomic E-state index is -0.942. The molecule has 0 spiro atoms. The average molecular weight is 342 g/mol. The molecule has 2 rings (SSSR count). The third-order valence-corrected chi connectivity index (χ3v) is 4.05. The van der Waals surface area contributed by atoms with Gasteiger partial charge in [-0.2, -0.15) is 0 Å². The van der Waals surface area contributed by atoms with Gasteiger partial charge in [0.05, 0.1) is 24.3 Å². The van der Waals surface area contributed by atoms with E-state index in [1.54, 1.807) is 12.1 Å². The van der Waals surface area contributed by atoms with Crippen LogP contribution in [0.3, 0.4) is 0 Å². The molecule has 0 unspecified atom stereocenters. The number of benzene rings is 1. The molecule has 5 nitrogen and oxygen atoms in total. The number of nitrogens with zero attached hydrogens (tertiary/aromatic N) is 1. The van der Waals surface area contributed by atoms with E-state index in [9.17, 15) is 14.7 Å². The molecule has 6 heteroatoms. The van der Waals surface area contributed by atoms with Crippen LogP contribution in [-0.4, -0.2) is 37.2 Å². The highest BCUT2D eigenvalue weighted by atomic mass is 79.9. The molecule has 0 atom stereocenters. The molecule has 0 aliphatic carbocycles. The summed E-state index contributed by atoms with van der Waals surface area (Å²) in [5.41, 5.74) is 0.972. The van der Waals surface area contributed by atoms with Gasteiger partial charge in [-0.05, 0) is 31.0 Å². The number of carbonyl (C=O) groups is 2. The van der Waals surface area contributed by atoms with Crippen molar-refractivity contribution >= 4 is 33.6 Å². The summed E-state index contributed by atoms with van der Waals surface area (Å²) in [7, 11) is 1.39. The number of carboxylic acid groups (broad SMARTS) is 1. The summed E-state index contributed by atoms with van der Waals surface area (Å²) < 4.78 is 5.59. The molecule has 108 valence electrons. The lowest BCUT2D eigenvalue weighted by Crippen LogP contribution is -2.37. The highest BCUT2D eigenvalue weighted by Gasteiger charge is 2.27. The Morgan fingerprint density at radius 1 is 1.35 bits per heavy atom. The van der Waals surface area contributed by atoms with Gasteiger partial charge in [0.2, 0.25) is 0 Å². The second-order valence-electron chi connectivity index (χ2n) is 4.75. The van der Waals surface area contributed by atoms with Crippen LogP contribution in [-0.2, 0) is 9.53 Å². The van der Waals surface area contributed by atoms with E-state index in [1.165, 1.54) is 7.11 Å². The first-order chi connectivity index (χ1) is 9.52. The third-order valence-electron chi connectivity index (χ3n) is 3.56. The van der Waals surface area contributed by atoms with Crippen LogP contribution in [0.2, 0.25) is 0 Å². The Bertz CT molecular complexity index is 524. The Morgan fingerprint density at radius 2 is 2.00 bits per heavy atom. The van der Waals surface area contributed by atoms with Gasteiger partial charge in [0, 0.05) is 17.6 Å². The van der Waals surface area contributed by atoms with E-state index < -0.39 is 5.97 Å². The Hall–Kier alpha value is -1.56. The molecule has 1 saturated heterocycles. The lowest BCUT2D eigenvalue weighted by atomic mass is 9.96. The number of rotatable bonds is 3. The molecule has 1 fully saturated rings. The molecular formula is C14H16BrNO4. The van der Waals surface area contributed by atoms with Crippen molar-refractivity contribution in [2.75, 3.05) is 25.1 Å². The number of carbonyl (C=O) groups excluding carboxylic acids is 1. The number of hydrogen-bond acceptors (Lipinski definition) is 4. The van der Waals surface area contributed by atoms with Gasteiger partial charge < -0.3 is 14.7 Å². The van der Waals surface area contributed by atoms with Gasteiger partial charge in [-0.15, -0.1) is 0 Å². The maximum Gasteiger partial charge on any atom is 0.337 e. The van der Waals surface area contributed by atoms with E-state index in [0.29, 0.717) is 31.6 Å². The number of anilines is 1. The quantitative estimate of drug-likeness (QED) is 0.855. The normalized spacial score (nSPS) is 16.0. The second kappa shape index (κ2) is 6.26. The summed E-state index contributed by atoms with van der Waals surface area (Å²) in [6.45, 7) is 1.30. The van der Waals surface area contributed by atoms with Crippen LogP contribution >= 0.6 is 15.9 Å². The average Bonchev–Trinajstić information content (AvgIpc) is 2.46. The number of methoxy groups -OCH3 is 1. The summed E-state index contributed by atoms with van der Waals surface area (Å²) in [6, 6.07) is 5.12. The number of halogens is 1. The highest BCUT2D eigenvalue weighted by Crippen LogP contribution is 2.29. The van der Waals surface area contributed by atoms with Crippen molar-refractivity contribution in [3.05, 3.63) is 28.2 Å². The van der Waals surface area contributed by atoms with Crippen LogP contribution in [0.25, 0.3) is 0 Å². The number of aromatic carboxylic acids is 1. The molecule has 1 aromatic rings. The standard InChI is InChI=1S/C14H16BrNO4/c1-20-14(19)9-4-6-16(7-5-9)12-8-10(15)2-3-11(12)13(17)18/h2-3,8-9H,4-7H2,1H3,(H,17,18). The molecule has 0 amide bonds. The number of carboxylic acids is 1. The van der Waals surface area contributed by atoms with E-state index in [4.69, 9.17) is 4.74 Å². The zero-order chi connectivity index (χ0) is 14.7. The first-order valence-corrected chi connectivity index (χ1v) is 7.18. The van der Waals surface area contributed by atoms with Crippen LogP contribution in [0.15, 0.2) is 22.7 Å². The minimum absolute atomic E-state index is 0.0864. The molecule has 1 aromatic carbocycles. The number of esters is 1. The van der Waals surface area contributed by atoms with Crippen LogP contribution in [0.5, 0.6) is 0 Å². The van der Waals surface area contributed by atoms with Gasteiger partial charge in [-0.1, -0.05) is 15.9 Å². The van der Waals surface area contributed by atoms with E-state index in [-0.39, 0.29) is 17.5 Å². The number of ether oxygens (including phenoxy) is 1. The fraction of sp³-hybridized carbons (Fsp3) is 0.429. The smallest absolute Gasteiger partial charge is 0.337 e. The minimum Gasteiger partial charge on any atom is -0.478 e. The van der Waals surface area contributed by atoms with Crippen LogP contribution < -0.4 is 4.90 Å². The number of hydrogen-bond donors (Lipinski definition) is 1. The molecule has 1 aliphatic rings. The Balaban J connectivity index is 2.16. The predicted octanol–water partition coefficient (Wildman–Crippen LogP) is 2.54. The van der Waals surface area contributed by atoms with Crippen molar-refractivity contribution in [3.8, 4) is 0 Å². The molecule has 0 aromatic heterocycles. The van der Waals surface area contributed by atoms with Crippen molar-refractivity contribution in [2.45, 2.75) is 12.8 Å². The Morgan fingerprint density at radius 3 is 2.55 bits per heavy atom. The fourth-order valence-electron chi connectivity index (χ4n) is 2.47. The summed E-state index contributed by atoms with van der Waals surface area (Å²) in [6.07, 6.45) is 1.36. The zero-order valence-corrected chi connectivity index (χ0v) is 12.7. The first-order valence-electron chi connectivity index (χ1n) is 6.38. The van der Waals surface area contributed by atoms with Gasteiger partial charge in [0.25, 0.3) is 0 Å². The summed E-state index contributed by atoms with van der Waals surface area (Å²) in [4.78, 5) is 24.8. The van der Waals surface area contributed by atoms with Gasteiger partial charge in [-0.3, -0.25) is 4.79 Å². The molecule has 1 heterocycles. The van der Waals surface area contributed by atoms with Crippen molar-refractivity contribution in [1.29, 1.82) is 0 Å². The zero-order valence-electron chi connectivity index (χ0n) is 11.1. The van der Waals surface area contributed by atoms with Crippen LogP contribution in [0, 0.1) is 5.92 Å². The van der Waals surface area contributed by atoms with E-state index >= 15 is 0 Å². The van der Waals surface area contributed by atoms with Gasteiger partial charge >= 0.3 is 11.9 Å². The van der Waals surface area contributed by atoms with Crippen molar-refractivity contribution in [1.82, 2.24) is 0 Å². The monoisotopic (exact) mass is 341 g/mol. The molecule has 20 heavy (non-hydrogen) atoms. The molecular weight excluding hydrogens is 326 g/mol. The van der Waals surface area contributed by atoms with E-state index in [0.717, 1.165) is 4.47 Å². The van der Waals surface area contributed by atoms with Crippen molar-refractivity contribution in [3.63, 3.8) is 0 Å². The third kappa shape index (κ3) is 3.12. The summed E-state index contributed by atoms with van der Waals surface area (Å²) >= 11 is 3.36. The lowest BCUT2D eigenvalue weighted by Gasteiger charge is -2.33. The molecule has 1 N–H and O–H groups in total. The Kier molecular flexibility index (Phi) is 4.65. The van der Waals surface area contributed by atoms with Crippen LogP contribution in [0.4, 0.5) is 5.69 Å². The van der Waals surface area contributed by atoms with E-state index in [1.807, 2.05) is 11.0 Å². The Labute approximate surface area is 125 Å². The van der Waals surface area contributed by atoms with Crippen molar-refractivity contribution < 1.29 is 19.4 Å². The SMILES string of the molecule is COC(=O)C1CCN(c2cc(Br)ccc2C(=O)O)CC1.